The molecule has 0 aliphatic heterocycles. The van der Waals surface area contributed by atoms with Crippen molar-refractivity contribution in [2.75, 3.05) is 6.54 Å². The zero-order chi connectivity index (χ0) is 15.1. The van der Waals surface area contributed by atoms with Crippen molar-refractivity contribution in [1.29, 1.82) is 0 Å². The molecule has 0 aromatic heterocycles. The van der Waals surface area contributed by atoms with Crippen molar-refractivity contribution < 1.29 is 4.92 Å². The van der Waals surface area contributed by atoms with Gasteiger partial charge in [0.15, 0.2) is 0 Å². The predicted molar refractivity (Wildman–Crippen MR) is 85.5 cm³/mol. The largest absolute Gasteiger partial charge is 0.314 e. The summed E-state index contributed by atoms with van der Waals surface area (Å²) < 4.78 is 0. The van der Waals surface area contributed by atoms with E-state index in [0.717, 1.165) is 37.3 Å². The number of aryl methyl sites for hydroxylation is 1. The van der Waals surface area contributed by atoms with Gasteiger partial charge in [0, 0.05) is 17.7 Å². The van der Waals surface area contributed by atoms with Crippen LogP contribution in [0.2, 0.25) is 0 Å². The number of nitrogens with one attached hydrogen (secondary N) is 1. The molecule has 0 radical (unpaired) electrons. The van der Waals surface area contributed by atoms with Gasteiger partial charge in [-0.15, -0.1) is 0 Å². The Kier molecular flexibility index (Phi) is 6.18. The molecule has 1 aromatic carbocycles. The van der Waals surface area contributed by atoms with E-state index < -0.39 is 0 Å². The van der Waals surface area contributed by atoms with E-state index in [9.17, 15) is 10.1 Å². The van der Waals surface area contributed by atoms with Crippen molar-refractivity contribution in [3.8, 4) is 0 Å². The van der Waals surface area contributed by atoms with Crippen LogP contribution in [0.3, 0.4) is 0 Å². The quantitative estimate of drug-likeness (QED) is 0.579. The number of nitro benzene ring substituents is 1. The van der Waals surface area contributed by atoms with Gasteiger partial charge >= 0.3 is 0 Å². The summed E-state index contributed by atoms with van der Waals surface area (Å²) in [4.78, 5) is 10.8. The number of para-hydroxylation sites is 1. The fourth-order valence-electron chi connectivity index (χ4n) is 3.54. The fraction of sp³-hybridized carbons (Fsp3) is 0.647. The number of benzene rings is 1. The molecule has 1 N–H and O–H groups in total. The third-order valence-corrected chi connectivity index (χ3v) is 4.58. The van der Waals surface area contributed by atoms with Crippen molar-refractivity contribution in [2.45, 2.75) is 57.9 Å². The summed E-state index contributed by atoms with van der Waals surface area (Å²) in [5.74, 6) is 0.802. The molecule has 4 heteroatoms. The maximum absolute atomic E-state index is 11.0. The summed E-state index contributed by atoms with van der Waals surface area (Å²) >= 11 is 0. The van der Waals surface area contributed by atoms with E-state index in [1.807, 2.05) is 12.1 Å². The van der Waals surface area contributed by atoms with Gasteiger partial charge in [0.05, 0.1) is 4.92 Å². The van der Waals surface area contributed by atoms with Gasteiger partial charge in [0.2, 0.25) is 0 Å². The molecule has 4 nitrogen and oxygen atoms in total. The molecule has 0 saturated heterocycles. The predicted octanol–water partition coefficient (Wildman–Crippen LogP) is 4.09. The summed E-state index contributed by atoms with van der Waals surface area (Å²) in [6.07, 6.45) is 8.31. The lowest BCUT2D eigenvalue weighted by Gasteiger charge is -2.24. The third-order valence-electron chi connectivity index (χ3n) is 4.58. The lowest BCUT2D eigenvalue weighted by molar-refractivity contribution is -0.385. The summed E-state index contributed by atoms with van der Waals surface area (Å²) in [5, 5.41) is 14.6. The molecule has 1 aromatic rings. The molecule has 1 fully saturated rings. The third kappa shape index (κ3) is 4.53. The van der Waals surface area contributed by atoms with E-state index in [0.29, 0.717) is 6.04 Å². The number of nitrogens with zero attached hydrogens (tertiary/aromatic N) is 1. The van der Waals surface area contributed by atoms with E-state index in [-0.39, 0.29) is 10.6 Å². The van der Waals surface area contributed by atoms with Crippen LogP contribution in [0.25, 0.3) is 0 Å². The molecule has 1 saturated carbocycles. The van der Waals surface area contributed by atoms with Gasteiger partial charge in [0.1, 0.15) is 0 Å². The van der Waals surface area contributed by atoms with Crippen LogP contribution in [-0.2, 0) is 6.42 Å². The van der Waals surface area contributed by atoms with E-state index in [1.165, 1.54) is 25.7 Å². The van der Waals surface area contributed by atoms with E-state index in [4.69, 9.17) is 0 Å². The topological polar surface area (TPSA) is 55.2 Å². The first-order valence-electron chi connectivity index (χ1n) is 8.18. The zero-order valence-electron chi connectivity index (χ0n) is 12.9. The number of hydrogen-bond donors (Lipinski definition) is 1. The van der Waals surface area contributed by atoms with Crippen molar-refractivity contribution in [3.05, 3.63) is 39.9 Å². The average molecular weight is 290 g/mol. The molecule has 0 spiro atoms. The van der Waals surface area contributed by atoms with E-state index >= 15 is 0 Å². The van der Waals surface area contributed by atoms with Gasteiger partial charge in [-0.05, 0) is 44.6 Å². The number of hydrogen-bond acceptors (Lipinski definition) is 3. The minimum absolute atomic E-state index is 0.262. The Balaban J connectivity index is 1.88. The Labute approximate surface area is 127 Å². The van der Waals surface area contributed by atoms with Crippen LogP contribution in [0.15, 0.2) is 24.3 Å². The first-order chi connectivity index (χ1) is 10.2. The average Bonchev–Trinajstić information content (AvgIpc) is 3.01. The molecule has 1 unspecified atom stereocenters. The SMILES string of the molecule is CCNC(CCCc1ccccc1[N+](=O)[O-])C1CCCC1. The van der Waals surface area contributed by atoms with E-state index in [2.05, 4.69) is 12.2 Å². The van der Waals surface area contributed by atoms with Gasteiger partial charge < -0.3 is 5.32 Å². The van der Waals surface area contributed by atoms with Gasteiger partial charge in [0.25, 0.3) is 5.69 Å². The fourth-order valence-corrected chi connectivity index (χ4v) is 3.54. The molecule has 0 heterocycles. The van der Waals surface area contributed by atoms with Gasteiger partial charge in [-0.25, -0.2) is 0 Å². The first kappa shape index (κ1) is 16.0. The monoisotopic (exact) mass is 290 g/mol. The highest BCUT2D eigenvalue weighted by molar-refractivity contribution is 5.39. The van der Waals surface area contributed by atoms with Gasteiger partial charge in [-0.2, -0.15) is 0 Å². The Morgan fingerprint density at radius 2 is 2.05 bits per heavy atom. The molecular formula is C17H26N2O2. The van der Waals surface area contributed by atoms with Crippen molar-refractivity contribution in [1.82, 2.24) is 5.32 Å². The van der Waals surface area contributed by atoms with Crippen molar-refractivity contribution in [2.24, 2.45) is 5.92 Å². The lowest BCUT2D eigenvalue weighted by atomic mass is 9.92. The maximum Gasteiger partial charge on any atom is 0.272 e. The first-order valence-corrected chi connectivity index (χ1v) is 8.18. The lowest BCUT2D eigenvalue weighted by Crippen LogP contribution is -2.35. The van der Waals surface area contributed by atoms with Crippen LogP contribution in [0.1, 0.15) is 51.0 Å². The summed E-state index contributed by atoms with van der Waals surface area (Å²) in [6, 6.07) is 7.70. The minimum atomic E-state index is -0.270. The highest BCUT2D eigenvalue weighted by Gasteiger charge is 2.24. The summed E-state index contributed by atoms with van der Waals surface area (Å²) in [6.45, 7) is 3.16. The van der Waals surface area contributed by atoms with Gasteiger partial charge in [-0.3, -0.25) is 10.1 Å². The minimum Gasteiger partial charge on any atom is -0.314 e. The molecular weight excluding hydrogens is 264 g/mol. The second kappa shape index (κ2) is 8.13. The Hall–Kier alpha value is -1.42. The Morgan fingerprint density at radius 3 is 2.71 bits per heavy atom. The second-order valence-corrected chi connectivity index (χ2v) is 5.99. The molecule has 0 amide bonds. The van der Waals surface area contributed by atoms with E-state index in [1.54, 1.807) is 12.1 Å². The molecule has 1 aliphatic carbocycles. The van der Waals surface area contributed by atoms with Crippen LogP contribution in [0.5, 0.6) is 0 Å². The molecule has 21 heavy (non-hydrogen) atoms. The van der Waals surface area contributed by atoms with Crippen molar-refractivity contribution in [3.63, 3.8) is 0 Å². The molecule has 1 aliphatic rings. The molecule has 2 rings (SSSR count). The van der Waals surface area contributed by atoms with Crippen LogP contribution in [-0.4, -0.2) is 17.5 Å². The van der Waals surface area contributed by atoms with Crippen LogP contribution >= 0.6 is 0 Å². The van der Waals surface area contributed by atoms with Crippen LogP contribution in [0.4, 0.5) is 5.69 Å². The van der Waals surface area contributed by atoms with Crippen LogP contribution in [0, 0.1) is 16.0 Å². The van der Waals surface area contributed by atoms with Crippen molar-refractivity contribution >= 4 is 5.69 Å². The summed E-state index contributed by atoms with van der Waals surface area (Å²) in [7, 11) is 0. The zero-order valence-corrected chi connectivity index (χ0v) is 12.9. The van der Waals surface area contributed by atoms with Gasteiger partial charge in [-0.1, -0.05) is 38.0 Å². The van der Waals surface area contributed by atoms with Crippen LogP contribution < -0.4 is 5.32 Å². The second-order valence-electron chi connectivity index (χ2n) is 5.99. The Bertz CT molecular complexity index is 456. The number of nitro groups is 1. The maximum atomic E-state index is 11.0. The highest BCUT2D eigenvalue weighted by atomic mass is 16.6. The molecule has 116 valence electrons. The highest BCUT2D eigenvalue weighted by Crippen LogP contribution is 2.30. The standard InChI is InChI=1S/C17H26N2O2/c1-2-18-16(14-8-3-4-9-14)12-7-11-15-10-5-6-13-17(15)19(20)21/h5-6,10,13-14,16,18H,2-4,7-9,11-12H2,1H3. The Morgan fingerprint density at radius 1 is 1.33 bits per heavy atom. The normalized spacial score (nSPS) is 17.0. The number of rotatable bonds is 8. The summed E-state index contributed by atoms with van der Waals surface area (Å²) in [5.41, 5.74) is 1.13. The molecule has 0 bridgehead atoms. The molecule has 1 atom stereocenters. The smallest absolute Gasteiger partial charge is 0.272 e.